The minimum Gasteiger partial charge on any atom is -0.380 e. The Morgan fingerprint density at radius 2 is 2.38 bits per heavy atom. The van der Waals surface area contributed by atoms with Crippen molar-refractivity contribution >= 4 is 0 Å². The zero-order valence-corrected chi connectivity index (χ0v) is 8.83. The van der Waals surface area contributed by atoms with Crippen LogP contribution in [0.1, 0.15) is 20.3 Å². The summed E-state index contributed by atoms with van der Waals surface area (Å²) in [6.07, 6.45) is 1.25. The highest BCUT2D eigenvalue weighted by atomic mass is 16.5. The summed E-state index contributed by atoms with van der Waals surface area (Å²) in [6.45, 7) is 9.25. The van der Waals surface area contributed by atoms with E-state index in [4.69, 9.17) is 10.5 Å². The van der Waals surface area contributed by atoms with Crippen LogP contribution in [0.4, 0.5) is 0 Å². The highest BCUT2D eigenvalue weighted by molar-refractivity contribution is 4.80. The first-order valence-corrected chi connectivity index (χ1v) is 5.29. The molecule has 1 rings (SSSR count). The Labute approximate surface area is 81.2 Å². The summed E-state index contributed by atoms with van der Waals surface area (Å²) in [5.41, 5.74) is 5.86. The molecule has 0 aliphatic carbocycles. The zero-order chi connectivity index (χ0) is 9.68. The molecule has 1 saturated heterocycles. The van der Waals surface area contributed by atoms with E-state index in [1.807, 2.05) is 6.92 Å². The van der Waals surface area contributed by atoms with Gasteiger partial charge in [-0.3, -0.25) is 0 Å². The van der Waals surface area contributed by atoms with Crippen molar-refractivity contribution in [3.63, 3.8) is 0 Å². The Bertz CT molecular complexity index is 139. The van der Waals surface area contributed by atoms with Crippen LogP contribution >= 0.6 is 0 Å². The average molecular weight is 186 g/mol. The van der Waals surface area contributed by atoms with Gasteiger partial charge in [-0.05, 0) is 32.7 Å². The van der Waals surface area contributed by atoms with Crippen molar-refractivity contribution in [1.82, 2.24) is 4.90 Å². The molecule has 1 aliphatic rings. The van der Waals surface area contributed by atoms with E-state index < -0.39 is 0 Å². The van der Waals surface area contributed by atoms with E-state index in [1.54, 1.807) is 0 Å². The van der Waals surface area contributed by atoms with Gasteiger partial charge in [-0.15, -0.1) is 0 Å². The lowest BCUT2D eigenvalue weighted by molar-refractivity contribution is 0.120. The van der Waals surface area contributed by atoms with Gasteiger partial charge in [-0.1, -0.05) is 0 Å². The molecule has 78 valence electrons. The van der Waals surface area contributed by atoms with Crippen molar-refractivity contribution in [2.24, 2.45) is 11.7 Å². The Morgan fingerprint density at radius 1 is 1.62 bits per heavy atom. The molecule has 0 aromatic rings. The fourth-order valence-electron chi connectivity index (χ4n) is 1.83. The van der Waals surface area contributed by atoms with Gasteiger partial charge in [0, 0.05) is 25.7 Å². The standard InChI is InChI=1S/C10H22N2O/c1-3-13-7-6-12-5-4-10(8-12)9(2)11/h9-10H,3-8,11H2,1-2H3. The molecular formula is C10H22N2O. The third kappa shape index (κ3) is 3.63. The summed E-state index contributed by atoms with van der Waals surface area (Å²) in [4.78, 5) is 2.45. The van der Waals surface area contributed by atoms with Crippen LogP contribution in [0.2, 0.25) is 0 Å². The van der Waals surface area contributed by atoms with Gasteiger partial charge in [0.2, 0.25) is 0 Å². The molecule has 2 atom stereocenters. The first-order valence-electron chi connectivity index (χ1n) is 5.29. The largest absolute Gasteiger partial charge is 0.380 e. The van der Waals surface area contributed by atoms with E-state index in [1.165, 1.54) is 13.0 Å². The van der Waals surface area contributed by atoms with Crippen molar-refractivity contribution in [1.29, 1.82) is 0 Å². The van der Waals surface area contributed by atoms with Crippen LogP contribution in [0.3, 0.4) is 0 Å². The molecule has 1 heterocycles. The SMILES string of the molecule is CCOCCN1CCC(C(C)N)C1. The quantitative estimate of drug-likeness (QED) is 0.642. The Hall–Kier alpha value is -0.120. The number of rotatable bonds is 5. The molecular weight excluding hydrogens is 164 g/mol. The van der Waals surface area contributed by atoms with Gasteiger partial charge in [-0.2, -0.15) is 0 Å². The summed E-state index contributed by atoms with van der Waals surface area (Å²) >= 11 is 0. The lowest BCUT2D eigenvalue weighted by Crippen LogP contribution is -2.31. The van der Waals surface area contributed by atoms with Crippen molar-refractivity contribution in [3.8, 4) is 0 Å². The number of ether oxygens (including phenoxy) is 1. The lowest BCUT2D eigenvalue weighted by atomic mass is 10.0. The molecule has 2 unspecified atom stereocenters. The fraction of sp³-hybridized carbons (Fsp3) is 1.00. The molecule has 0 aromatic carbocycles. The third-order valence-corrected chi connectivity index (χ3v) is 2.81. The van der Waals surface area contributed by atoms with Crippen LogP contribution in [-0.2, 0) is 4.74 Å². The van der Waals surface area contributed by atoms with Crippen LogP contribution in [0.15, 0.2) is 0 Å². The number of hydrogen-bond acceptors (Lipinski definition) is 3. The van der Waals surface area contributed by atoms with Crippen molar-refractivity contribution < 1.29 is 4.74 Å². The highest BCUT2D eigenvalue weighted by Crippen LogP contribution is 2.17. The monoisotopic (exact) mass is 186 g/mol. The van der Waals surface area contributed by atoms with Gasteiger partial charge in [0.05, 0.1) is 6.61 Å². The normalized spacial score (nSPS) is 26.5. The summed E-state index contributed by atoms with van der Waals surface area (Å²) in [5.74, 6) is 0.696. The minimum atomic E-state index is 0.345. The van der Waals surface area contributed by atoms with Gasteiger partial charge in [0.1, 0.15) is 0 Å². The molecule has 0 aromatic heterocycles. The van der Waals surface area contributed by atoms with Gasteiger partial charge in [0.15, 0.2) is 0 Å². The number of hydrogen-bond donors (Lipinski definition) is 1. The molecule has 0 amide bonds. The number of likely N-dealkylation sites (tertiary alicyclic amines) is 1. The van der Waals surface area contributed by atoms with Crippen LogP contribution in [0.25, 0.3) is 0 Å². The van der Waals surface area contributed by atoms with Crippen molar-refractivity contribution in [3.05, 3.63) is 0 Å². The molecule has 0 radical (unpaired) electrons. The molecule has 3 nitrogen and oxygen atoms in total. The van der Waals surface area contributed by atoms with E-state index in [2.05, 4.69) is 11.8 Å². The first-order chi connectivity index (χ1) is 6.24. The smallest absolute Gasteiger partial charge is 0.0593 e. The van der Waals surface area contributed by atoms with Gasteiger partial charge >= 0.3 is 0 Å². The zero-order valence-electron chi connectivity index (χ0n) is 8.83. The average Bonchev–Trinajstić information content (AvgIpc) is 2.53. The molecule has 1 fully saturated rings. The molecule has 0 spiro atoms. The van der Waals surface area contributed by atoms with Crippen molar-refractivity contribution in [2.75, 3.05) is 32.8 Å². The molecule has 13 heavy (non-hydrogen) atoms. The first kappa shape index (κ1) is 11.0. The van der Waals surface area contributed by atoms with E-state index in [-0.39, 0.29) is 0 Å². The van der Waals surface area contributed by atoms with Crippen LogP contribution in [0.5, 0.6) is 0 Å². The molecule has 3 heteroatoms. The molecule has 0 saturated carbocycles. The fourth-order valence-corrected chi connectivity index (χ4v) is 1.83. The molecule has 0 bridgehead atoms. The second-order valence-corrected chi connectivity index (χ2v) is 3.91. The maximum atomic E-state index is 5.86. The Morgan fingerprint density at radius 3 is 2.92 bits per heavy atom. The summed E-state index contributed by atoms with van der Waals surface area (Å²) < 4.78 is 5.32. The predicted octanol–water partition coefficient (Wildman–Crippen LogP) is 0.692. The van der Waals surface area contributed by atoms with Gasteiger partial charge < -0.3 is 15.4 Å². The lowest BCUT2D eigenvalue weighted by Gasteiger charge is -2.17. The topological polar surface area (TPSA) is 38.5 Å². The number of nitrogens with two attached hydrogens (primary N) is 1. The molecule has 2 N–H and O–H groups in total. The van der Waals surface area contributed by atoms with E-state index in [9.17, 15) is 0 Å². The predicted molar refractivity (Wildman–Crippen MR) is 54.7 cm³/mol. The second kappa shape index (κ2) is 5.58. The summed E-state index contributed by atoms with van der Waals surface area (Å²) in [5, 5.41) is 0. The maximum absolute atomic E-state index is 5.86. The van der Waals surface area contributed by atoms with Gasteiger partial charge in [-0.25, -0.2) is 0 Å². The van der Waals surface area contributed by atoms with Gasteiger partial charge in [0.25, 0.3) is 0 Å². The molecule has 1 aliphatic heterocycles. The summed E-state index contributed by atoms with van der Waals surface area (Å²) in [6, 6.07) is 0.345. The Balaban J connectivity index is 2.10. The van der Waals surface area contributed by atoms with E-state index >= 15 is 0 Å². The maximum Gasteiger partial charge on any atom is 0.0593 e. The van der Waals surface area contributed by atoms with Crippen molar-refractivity contribution in [2.45, 2.75) is 26.3 Å². The third-order valence-electron chi connectivity index (χ3n) is 2.81. The number of nitrogens with zero attached hydrogens (tertiary/aromatic N) is 1. The minimum absolute atomic E-state index is 0.345. The highest BCUT2D eigenvalue weighted by Gasteiger charge is 2.24. The Kier molecular flexibility index (Phi) is 4.70. The van der Waals surface area contributed by atoms with Crippen LogP contribution in [0, 0.1) is 5.92 Å². The van der Waals surface area contributed by atoms with Crippen LogP contribution < -0.4 is 5.73 Å². The van der Waals surface area contributed by atoms with E-state index in [0.717, 1.165) is 26.3 Å². The van der Waals surface area contributed by atoms with E-state index in [0.29, 0.717) is 12.0 Å². The summed E-state index contributed by atoms with van der Waals surface area (Å²) in [7, 11) is 0. The van der Waals surface area contributed by atoms with Crippen LogP contribution in [-0.4, -0.2) is 43.8 Å². The second-order valence-electron chi connectivity index (χ2n) is 3.91.